The number of rotatable bonds is 21. The van der Waals surface area contributed by atoms with Crippen molar-refractivity contribution in [2.75, 3.05) is 18.9 Å². The molecule has 7 N–H and O–H groups in total. The minimum Gasteiger partial charge on any atom is -0.507 e. The lowest BCUT2D eigenvalue weighted by molar-refractivity contribution is -0.144. The van der Waals surface area contributed by atoms with E-state index >= 15 is 0 Å². The number of aromatic hydroxyl groups is 1. The molecule has 0 bridgehead atoms. The highest BCUT2D eigenvalue weighted by Crippen LogP contribution is 2.31. The number of likely N-dealkylation sites (tertiary alicyclic amines) is 1. The quantitative estimate of drug-likeness (QED) is 0.0428. The molecule has 3 atom stereocenters. The number of aryl methyl sites for hydroxylation is 1. The lowest BCUT2D eigenvalue weighted by Crippen LogP contribution is -2.57. The van der Waals surface area contributed by atoms with Crippen LogP contribution in [0.15, 0.2) is 84.4 Å². The van der Waals surface area contributed by atoms with Gasteiger partial charge in [-0.15, -0.1) is 21.5 Å². The molecule has 6 rings (SSSR count). The summed E-state index contributed by atoms with van der Waals surface area (Å²) in [6.07, 6.45) is 4.46. The standard InChI is InChI=1S/C50H62N8O7S/c1-32-45(66-31-54-32)36-22-20-35(21-23-36)29-53-48(63)40-26-37(59)30-58(40)49(64)46(50(2,3)4)55-44(62)15-9-7-5-6-8-14-43(61)52-28-34-18-16-33(17-19-34)24-25-65-42-27-39(56-57-47(42)51)38-12-10-11-13-41(38)60/h10-13,16-23,27,31,37,40,46,59-60H,5-9,14-15,24-26,28-30H2,1-4H3,(H2,51,57)(H,52,61)(H,53,63)(H,55,62)/t37-,40+,46-/m1/s1. The van der Waals surface area contributed by atoms with Crippen LogP contribution in [0.5, 0.6) is 11.5 Å². The molecule has 3 aromatic carbocycles. The van der Waals surface area contributed by atoms with Crippen molar-refractivity contribution in [1.82, 2.24) is 36.0 Å². The van der Waals surface area contributed by atoms with E-state index < -0.39 is 23.6 Å². The van der Waals surface area contributed by atoms with Crippen LogP contribution in [0.25, 0.3) is 21.7 Å². The number of anilines is 1. The van der Waals surface area contributed by atoms with Crippen molar-refractivity contribution < 1.29 is 34.1 Å². The Bertz CT molecular complexity index is 2420. The van der Waals surface area contributed by atoms with Crippen molar-refractivity contribution in [3.63, 3.8) is 0 Å². The highest BCUT2D eigenvalue weighted by atomic mass is 32.1. The van der Waals surface area contributed by atoms with Crippen LogP contribution in [-0.4, -0.2) is 85.3 Å². The zero-order valence-electron chi connectivity index (χ0n) is 38.2. The molecule has 1 aliphatic rings. The number of carbonyl (C=O) groups excluding carboxylic acids is 4. The van der Waals surface area contributed by atoms with E-state index in [1.807, 2.05) is 81.7 Å². The number of aliphatic hydroxyl groups excluding tert-OH is 1. The summed E-state index contributed by atoms with van der Waals surface area (Å²) in [6, 6.07) is 22.6. The lowest BCUT2D eigenvalue weighted by atomic mass is 9.85. The first kappa shape index (κ1) is 49.1. The fourth-order valence-corrected chi connectivity index (χ4v) is 8.64. The van der Waals surface area contributed by atoms with Gasteiger partial charge in [-0.1, -0.05) is 101 Å². The monoisotopic (exact) mass is 918 g/mol. The molecule has 350 valence electrons. The van der Waals surface area contributed by atoms with Crippen molar-refractivity contribution in [2.45, 2.75) is 117 Å². The number of thiazole rings is 1. The first-order valence-corrected chi connectivity index (χ1v) is 23.5. The maximum Gasteiger partial charge on any atom is 0.246 e. The number of aliphatic hydroxyl groups is 1. The average molecular weight is 919 g/mol. The predicted octanol–water partition coefficient (Wildman–Crippen LogP) is 6.64. The van der Waals surface area contributed by atoms with Gasteiger partial charge in [0.2, 0.25) is 23.6 Å². The van der Waals surface area contributed by atoms with Gasteiger partial charge in [0, 0.05) is 56.9 Å². The summed E-state index contributed by atoms with van der Waals surface area (Å²) in [5.74, 6) is -0.349. The smallest absolute Gasteiger partial charge is 0.246 e. The Morgan fingerprint density at radius 1 is 0.864 bits per heavy atom. The Kier molecular flexibility index (Phi) is 17.2. The largest absolute Gasteiger partial charge is 0.507 e. The molecule has 2 aromatic heterocycles. The van der Waals surface area contributed by atoms with E-state index in [0.717, 1.165) is 58.5 Å². The number of hydrogen-bond acceptors (Lipinski definition) is 12. The summed E-state index contributed by atoms with van der Waals surface area (Å²) in [5.41, 5.74) is 13.1. The van der Waals surface area contributed by atoms with Gasteiger partial charge in [-0.05, 0) is 59.6 Å². The fraction of sp³-hybridized carbons (Fsp3) is 0.420. The molecule has 0 unspecified atom stereocenters. The van der Waals surface area contributed by atoms with Crippen molar-refractivity contribution in [2.24, 2.45) is 5.41 Å². The minimum absolute atomic E-state index is 0.0136. The number of phenols is 1. The van der Waals surface area contributed by atoms with E-state index in [2.05, 4.69) is 31.1 Å². The number of β-amino-alcohol motifs (C(OH)–C–C–N with tert-alkyl or cyclic N) is 1. The average Bonchev–Trinajstić information content (AvgIpc) is 3.92. The number of hydrogen-bond donors (Lipinski definition) is 6. The van der Waals surface area contributed by atoms with Crippen molar-refractivity contribution in [3.05, 3.63) is 107 Å². The molecule has 1 saturated heterocycles. The van der Waals surface area contributed by atoms with Crippen LogP contribution in [-0.2, 0) is 38.7 Å². The summed E-state index contributed by atoms with van der Waals surface area (Å²) in [5, 5.41) is 37.7. The van der Waals surface area contributed by atoms with Gasteiger partial charge in [0.05, 0.1) is 28.8 Å². The van der Waals surface area contributed by atoms with Crippen LogP contribution in [0.4, 0.5) is 5.82 Å². The molecular weight excluding hydrogens is 857 g/mol. The number of benzene rings is 3. The van der Waals surface area contributed by atoms with Gasteiger partial charge in [-0.25, -0.2) is 4.98 Å². The Labute approximate surface area is 390 Å². The van der Waals surface area contributed by atoms with Crippen LogP contribution in [0, 0.1) is 12.3 Å². The summed E-state index contributed by atoms with van der Waals surface area (Å²) < 4.78 is 5.90. The molecule has 4 amide bonds. The number of carbonyl (C=O) groups is 4. The molecule has 1 aliphatic heterocycles. The zero-order chi connectivity index (χ0) is 47.2. The number of para-hydroxylation sites is 1. The molecule has 15 nitrogen and oxygen atoms in total. The first-order valence-electron chi connectivity index (χ1n) is 22.6. The SMILES string of the molecule is Cc1ncsc1-c1ccc(CNC(=O)[C@@H]2C[C@@H](O)CN2C(=O)[C@@H](NC(=O)CCCCCCCC(=O)NCc2ccc(CCOc3cc(-c4ccccc4O)nnc3N)cc2)C(C)(C)C)cc1. The molecule has 66 heavy (non-hydrogen) atoms. The summed E-state index contributed by atoms with van der Waals surface area (Å²) in [7, 11) is 0. The Hall–Kier alpha value is -6.39. The van der Waals surface area contributed by atoms with E-state index in [0.29, 0.717) is 49.4 Å². The van der Waals surface area contributed by atoms with Gasteiger partial charge in [0.25, 0.3) is 0 Å². The van der Waals surface area contributed by atoms with Crippen LogP contribution in [0.3, 0.4) is 0 Å². The number of amides is 4. The topological polar surface area (TPSA) is 222 Å². The summed E-state index contributed by atoms with van der Waals surface area (Å²) >= 11 is 1.58. The predicted molar refractivity (Wildman–Crippen MR) is 255 cm³/mol. The molecule has 16 heteroatoms. The number of nitrogen functional groups attached to an aromatic ring is 1. The van der Waals surface area contributed by atoms with Crippen LogP contribution in [0.2, 0.25) is 0 Å². The molecule has 0 radical (unpaired) electrons. The molecule has 0 aliphatic carbocycles. The normalized spacial score (nSPS) is 15.3. The number of ether oxygens (including phenoxy) is 1. The Morgan fingerprint density at radius 2 is 1.50 bits per heavy atom. The molecule has 3 heterocycles. The van der Waals surface area contributed by atoms with Gasteiger partial charge in [0.1, 0.15) is 23.5 Å². The molecule has 0 spiro atoms. The number of nitrogens with zero attached hydrogens (tertiary/aromatic N) is 4. The molecular formula is C50H62N8O7S. The van der Waals surface area contributed by atoms with E-state index in [1.165, 1.54) is 4.90 Å². The third-order valence-corrected chi connectivity index (χ3v) is 12.6. The lowest BCUT2D eigenvalue weighted by Gasteiger charge is -2.35. The second-order valence-electron chi connectivity index (χ2n) is 17.9. The molecule has 0 saturated carbocycles. The van der Waals surface area contributed by atoms with Crippen molar-refractivity contribution >= 4 is 40.8 Å². The van der Waals surface area contributed by atoms with Gasteiger partial charge >= 0.3 is 0 Å². The maximum atomic E-state index is 14.0. The second kappa shape index (κ2) is 23.2. The number of phenolic OH excluding ortho intramolecular Hbond substituents is 1. The van der Waals surface area contributed by atoms with Crippen LogP contribution < -0.4 is 26.4 Å². The fourth-order valence-electron chi connectivity index (χ4n) is 7.83. The third-order valence-electron chi connectivity index (χ3n) is 11.6. The van der Waals surface area contributed by atoms with Crippen LogP contribution in [0.1, 0.15) is 94.5 Å². The van der Waals surface area contributed by atoms with Gasteiger partial charge < -0.3 is 41.5 Å². The Balaban J connectivity index is 0.846. The number of aromatic nitrogens is 3. The number of unbranched alkanes of at least 4 members (excludes halogenated alkanes) is 4. The summed E-state index contributed by atoms with van der Waals surface area (Å²) in [6.45, 7) is 8.65. The number of nitrogens with one attached hydrogen (secondary N) is 3. The van der Waals surface area contributed by atoms with Crippen molar-refractivity contribution in [1.29, 1.82) is 0 Å². The summed E-state index contributed by atoms with van der Waals surface area (Å²) in [4.78, 5) is 59.9. The van der Waals surface area contributed by atoms with Crippen LogP contribution >= 0.6 is 11.3 Å². The molecule has 1 fully saturated rings. The minimum atomic E-state index is -0.881. The van der Waals surface area contributed by atoms with E-state index in [-0.39, 0.29) is 61.1 Å². The third kappa shape index (κ3) is 13.8. The molecule has 5 aromatic rings. The van der Waals surface area contributed by atoms with E-state index in [4.69, 9.17) is 10.5 Å². The zero-order valence-corrected chi connectivity index (χ0v) is 39.0. The Morgan fingerprint density at radius 3 is 2.17 bits per heavy atom. The van der Waals surface area contributed by atoms with E-state index in [1.54, 1.807) is 41.7 Å². The first-order chi connectivity index (χ1) is 31.7. The highest BCUT2D eigenvalue weighted by molar-refractivity contribution is 7.13. The van der Waals surface area contributed by atoms with Gasteiger partial charge in [0.15, 0.2) is 11.6 Å². The van der Waals surface area contributed by atoms with Crippen molar-refractivity contribution in [3.8, 4) is 33.2 Å². The highest BCUT2D eigenvalue weighted by Gasteiger charge is 2.44. The van der Waals surface area contributed by atoms with Gasteiger partial charge in [-0.3, -0.25) is 19.2 Å². The van der Waals surface area contributed by atoms with E-state index in [9.17, 15) is 29.4 Å². The maximum absolute atomic E-state index is 14.0. The van der Waals surface area contributed by atoms with Gasteiger partial charge in [-0.2, -0.15) is 0 Å². The second-order valence-corrected chi connectivity index (χ2v) is 18.8. The number of nitrogens with two attached hydrogens (primary N) is 1.